The molecule has 0 aromatic heterocycles. The Morgan fingerprint density at radius 1 is 0.548 bits per heavy atom. The van der Waals surface area contributed by atoms with Gasteiger partial charge in [0.05, 0.1) is 34.1 Å². The van der Waals surface area contributed by atoms with Crippen LogP contribution in [-0.4, -0.2) is 127 Å². The predicted octanol–water partition coefficient (Wildman–Crippen LogP) is 9.16. The number of para-hydroxylation sites is 3. The van der Waals surface area contributed by atoms with Crippen molar-refractivity contribution in [1.82, 2.24) is 10.6 Å². The average Bonchev–Trinajstić information content (AvgIpc) is 3.58. The van der Waals surface area contributed by atoms with Crippen LogP contribution in [0.15, 0.2) is 72.8 Å². The number of nitrogens with one attached hydrogen (secondary N) is 2. The Bertz CT molecular complexity index is 1880. The van der Waals surface area contributed by atoms with Crippen LogP contribution in [0.5, 0.6) is 17.2 Å². The maximum absolute atomic E-state index is 11.6. The molecule has 1 heterocycles. The molecular formula is C54H89IN2O15S. The number of benzene rings is 3. The van der Waals surface area contributed by atoms with Crippen molar-refractivity contribution in [2.24, 2.45) is 0 Å². The van der Waals surface area contributed by atoms with Crippen molar-refractivity contribution < 1.29 is 71.4 Å². The molecule has 10 atom stereocenters. The second kappa shape index (κ2) is 36.2. The molecule has 418 valence electrons. The van der Waals surface area contributed by atoms with Gasteiger partial charge in [0.25, 0.3) is 0 Å². The lowest BCUT2D eigenvalue weighted by Gasteiger charge is -2.20. The second-order valence-corrected chi connectivity index (χ2v) is 21.6. The van der Waals surface area contributed by atoms with Crippen LogP contribution in [-0.2, 0) is 42.0 Å². The van der Waals surface area contributed by atoms with Crippen molar-refractivity contribution in [2.75, 3.05) is 13.1 Å². The highest BCUT2D eigenvalue weighted by molar-refractivity contribution is 14.1. The number of aryl methyl sites for hydroxylation is 2. The lowest BCUT2D eigenvalue weighted by Crippen LogP contribution is -2.33. The monoisotopic (exact) mass is 1160 g/mol. The Kier molecular flexibility index (Phi) is 34.3. The van der Waals surface area contributed by atoms with Gasteiger partial charge in [-0.2, -0.15) is 4.21 Å². The fourth-order valence-electron chi connectivity index (χ4n) is 5.08. The van der Waals surface area contributed by atoms with Crippen LogP contribution in [0, 0.1) is 3.57 Å². The summed E-state index contributed by atoms with van der Waals surface area (Å²) in [6.45, 7) is 29.5. The van der Waals surface area contributed by atoms with Gasteiger partial charge >= 0.3 is 23.5 Å². The van der Waals surface area contributed by atoms with Gasteiger partial charge in [-0.3, -0.25) is 8.37 Å². The molecule has 0 aliphatic carbocycles. The summed E-state index contributed by atoms with van der Waals surface area (Å²) in [7, 11) is 0. The molecule has 1 saturated heterocycles. The first-order valence-corrected chi connectivity index (χ1v) is 26.9. The normalized spacial score (nSPS) is 17.6. The first kappa shape index (κ1) is 69.2. The van der Waals surface area contributed by atoms with Crippen molar-refractivity contribution in [3.05, 3.63) is 87.5 Å². The van der Waals surface area contributed by atoms with E-state index in [0.29, 0.717) is 13.1 Å². The molecule has 4 rings (SSSR count). The summed E-state index contributed by atoms with van der Waals surface area (Å²) in [5, 5.41) is 50.6. The van der Waals surface area contributed by atoms with Crippen LogP contribution in [0.3, 0.4) is 0 Å². The van der Waals surface area contributed by atoms with Crippen molar-refractivity contribution >= 4 is 46.1 Å². The van der Waals surface area contributed by atoms with Gasteiger partial charge in [0.1, 0.15) is 59.0 Å². The minimum absolute atomic E-state index is 0.0316. The first-order valence-electron chi connectivity index (χ1n) is 24.8. The van der Waals surface area contributed by atoms with Gasteiger partial charge in [0, 0.05) is 13.1 Å². The molecule has 1 aliphatic rings. The van der Waals surface area contributed by atoms with Crippen LogP contribution < -0.4 is 24.8 Å². The summed E-state index contributed by atoms with van der Waals surface area (Å²) < 4.78 is 48.3. The van der Waals surface area contributed by atoms with E-state index >= 15 is 0 Å². The zero-order chi connectivity index (χ0) is 56.1. The molecule has 0 saturated carbocycles. The number of ether oxygens (including phenoxy) is 5. The Hall–Kier alpha value is -3.80. The second-order valence-electron chi connectivity index (χ2n) is 19.7. The van der Waals surface area contributed by atoms with E-state index in [1.54, 1.807) is 34.6 Å². The summed E-state index contributed by atoms with van der Waals surface area (Å²) in [6.07, 6.45) is -1.15. The number of hydrogen-bond donors (Lipinski definition) is 7. The molecule has 73 heavy (non-hydrogen) atoms. The molecule has 19 heteroatoms. The number of alkyl carbamates (subject to hydrolysis) is 2. The molecule has 0 radical (unpaired) electrons. The van der Waals surface area contributed by atoms with E-state index < -0.39 is 65.3 Å². The molecule has 0 unspecified atom stereocenters. The van der Waals surface area contributed by atoms with Gasteiger partial charge in [0.2, 0.25) is 0 Å². The van der Waals surface area contributed by atoms with Gasteiger partial charge in [-0.15, -0.1) is 0 Å². The zero-order valence-electron chi connectivity index (χ0n) is 46.0. The van der Waals surface area contributed by atoms with E-state index in [-0.39, 0.29) is 30.5 Å². The van der Waals surface area contributed by atoms with Crippen LogP contribution >= 0.6 is 22.6 Å². The van der Waals surface area contributed by atoms with Crippen LogP contribution in [0.4, 0.5) is 9.59 Å². The number of carbonyl (C=O) groups excluding carboxylic acids is 2. The van der Waals surface area contributed by atoms with Crippen LogP contribution in [0.25, 0.3) is 0 Å². The third-order valence-corrected chi connectivity index (χ3v) is 12.0. The van der Waals surface area contributed by atoms with Crippen molar-refractivity contribution in [3.8, 4) is 17.2 Å². The largest absolute Gasteiger partial charge is 0.488 e. The lowest BCUT2D eigenvalue weighted by atomic mass is 10.1. The Morgan fingerprint density at radius 3 is 1.12 bits per heavy atom. The van der Waals surface area contributed by atoms with E-state index in [0.717, 1.165) is 57.6 Å². The van der Waals surface area contributed by atoms with Crippen molar-refractivity contribution in [3.63, 3.8) is 0 Å². The number of rotatable bonds is 18. The lowest BCUT2D eigenvalue weighted by molar-refractivity contribution is 0.0438. The van der Waals surface area contributed by atoms with E-state index in [1.807, 2.05) is 149 Å². The third-order valence-electron chi connectivity index (χ3n) is 10.2. The van der Waals surface area contributed by atoms with Gasteiger partial charge in [-0.25, -0.2) is 9.59 Å². The molecule has 7 N–H and O–H groups in total. The highest BCUT2D eigenvalue weighted by atomic mass is 127. The molecule has 3 aromatic rings. The van der Waals surface area contributed by atoms with Crippen molar-refractivity contribution in [1.29, 1.82) is 0 Å². The minimum Gasteiger partial charge on any atom is -0.488 e. The Balaban J connectivity index is 0.000000961. The quantitative estimate of drug-likeness (QED) is 0.0464. The SMILES string of the molecule is C[C@@H](O)[C@@H](C)O.C[C@H](O)[C@H](C)Oc1ccccc1CCCNC(=O)OC(C)(C)C.C[C@H](Oc1ccccc1CCCNC(=O)OC(C)(C)C)[C@@H](C)O.C[C@H](Oc1ccccc1I)[C@@H](C)O.C[C@H]1OS(=O)O[C@@H]1C. The van der Waals surface area contributed by atoms with E-state index in [1.165, 1.54) is 0 Å². The van der Waals surface area contributed by atoms with Crippen LogP contribution in [0.1, 0.15) is 135 Å². The summed E-state index contributed by atoms with van der Waals surface area (Å²) >= 11 is 0.727. The molecule has 3 aromatic carbocycles. The van der Waals surface area contributed by atoms with Crippen LogP contribution in [0.2, 0.25) is 0 Å². The maximum Gasteiger partial charge on any atom is 0.407 e. The summed E-state index contributed by atoms with van der Waals surface area (Å²) in [6, 6.07) is 23.3. The van der Waals surface area contributed by atoms with Crippen molar-refractivity contribution in [2.45, 2.75) is 209 Å². The minimum atomic E-state index is -1.48. The predicted molar refractivity (Wildman–Crippen MR) is 295 cm³/mol. The molecule has 1 aliphatic heterocycles. The number of amides is 2. The molecule has 2 amide bonds. The average molecular weight is 1170 g/mol. The van der Waals surface area contributed by atoms with Gasteiger partial charge in [0.15, 0.2) is 0 Å². The van der Waals surface area contributed by atoms with E-state index in [2.05, 4.69) is 33.2 Å². The topological polar surface area (TPSA) is 241 Å². The Morgan fingerprint density at radius 2 is 0.849 bits per heavy atom. The molecule has 1 fully saturated rings. The number of aliphatic hydroxyl groups is 5. The summed E-state index contributed by atoms with van der Waals surface area (Å²) in [5.41, 5.74) is 1.15. The molecular weight excluding hydrogens is 1080 g/mol. The number of halogens is 1. The molecule has 17 nitrogen and oxygen atoms in total. The number of carbonyl (C=O) groups is 2. The van der Waals surface area contributed by atoms with Gasteiger partial charge < -0.3 is 59.9 Å². The maximum atomic E-state index is 11.6. The fraction of sp³-hybridized carbons (Fsp3) is 0.630. The summed E-state index contributed by atoms with van der Waals surface area (Å²) in [4.78, 5) is 23.1. The standard InChI is InChI=1S/2C18H29NO4.C10H13IO2.C4H8O3S.C4H10O2/c2*1-13(20)14(2)22-16-11-7-6-9-15(16)10-8-12-19-17(21)23-18(3,4)5;1-7(12)8(2)13-10-6-4-3-5-9(10)11;1-3-4(2)7-8(5)6-3;1-3(5)4(2)6/h2*6-7,9,11,13-14,20H,8,10,12H2,1-5H3,(H,19,21);3-8,12H,1-2H3;3-4H,1-2H3;3-6H,1-2H3/t13-,14+;13-,14-;7-,8+;2*3-,4-/m10111/s1. The molecule has 0 bridgehead atoms. The smallest absolute Gasteiger partial charge is 0.407 e. The summed E-state index contributed by atoms with van der Waals surface area (Å²) in [5.74, 6) is 2.38. The highest BCUT2D eigenvalue weighted by Crippen LogP contribution is 2.24. The van der Waals surface area contributed by atoms with E-state index in [9.17, 15) is 29.1 Å². The number of aliphatic hydroxyl groups excluding tert-OH is 5. The fourth-order valence-corrected chi connectivity index (χ4v) is 6.45. The van der Waals surface area contributed by atoms with E-state index in [4.69, 9.17) is 42.3 Å². The van der Waals surface area contributed by atoms with Gasteiger partial charge in [-0.1, -0.05) is 48.5 Å². The first-order chi connectivity index (χ1) is 33.8. The zero-order valence-corrected chi connectivity index (χ0v) is 49.0. The Labute approximate surface area is 452 Å². The van der Waals surface area contributed by atoms with Gasteiger partial charge in [-0.05, 0) is 194 Å². The third kappa shape index (κ3) is 34.4. The molecule has 0 spiro atoms. The highest BCUT2D eigenvalue weighted by Gasteiger charge is 2.27. The number of hydrogen-bond acceptors (Lipinski definition) is 15.